The molecule has 6 nitrogen and oxygen atoms in total. The fraction of sp³-hybridized carbons (Fsp3) is 0.360. The molecule has 0 aliphatic carbocycles. The van der Waals surface area contributed by atoms with Crippen LogP contribution in [0.15, 0.2) is 72.0 Å². The van der Waals surface area contributed by atoms with Gasteiger partial charge in [0.2, 0.25) is 0 Å². The monoisotopic (exact) mass is 563 g/mol. The van der Waals surface area contributed by atoms with E-state index in [-0.39, 0.29) is 35.2 Å². The number of nitrogens with zero attached hydrogens (tertiary/aromatic N) is 3. The van der Waals surface area contributed by atoms with Crippen LogP contribution in [-0.2, 0) is 23.2 Å². The van der Waals surface area contributed by atoms with Crippen molar-refractivity contribution in [1.82, 2.24) is 20.4 Å². The van der Waals surface area contributed by atoms with Crippen LogP contribution in [0.25, 0.3) is 0 Å². The molecule has 4 rings (SSSR count). The highest BCUT2D eigenvalue weighted by atomic mass is 127. The van der Waals surface area contributed by atoms with Crippen LogP contribution in [0.1, 0.15) is 29.5 Å². The number of nitrogens with one attached hydrogen (secondary N) is 2. The van der Waals surface area contributed by atoms with Crippen LogP contribution < -0.4 is 10.6 Å². The Kier molecular flexibility index (Phi) is 9.25. The molecule has 0 bridgehead atoms. The average Bonchev–Trinajstić information content (AvgIpc) is 3.34. The van der Waals surface area contributed by atoms with Gasteiger partial charge in [-0.1, -0.05) is 36.4 Å². The van der Waals surface area contributed by atoms with E-state index in [0.29, 0.717) is 26.3 Å². The highest BCUT2D eigenvalue weighted by Gasteiger charge is 2.34. The molecule has 1 fully saturated rings. The fourth-order valence-corrected chi connectivity index (χ4v) is 4.24. The Labute approximate surface area is 211 Å². The molecule has 0 amide bonds. The van der Waals surface area contributed by atoms with E-state index >= 15 is 0 Å². The average molecular weight is 563 g/mol. The molecule has 1 aromatic heterocycles. The van der Waals surface area contributed by atoms with Crippen LogP contribution in [0.2, 0.25) is 0 Å². The molecule has 2 heterocycles. The van der Waals surface area contributed by atoms with Crippen LogP contribution in [-0.4, -0.2) is 42.5 Å². The summed E-state index contributed by atoms with van der Waals surface area (Å²) in [5.41, 5.74) is 3.44. The lowest BCUT2D eigenvalue weighted by atomic mass is 9.74. The third kappa shape index (κ3) is 6.54. The van der Waals surface area contributed by atoms with Crippen molar-refractivity contribution in [2.75, 3.05) is 26.8 Å². The summed E-state index contributed by atoms with van der Waals surface area (Å²) in [5.74, 6) is 0.530. The second-order valence-electron chi connectivity index (χ2n) is 8.15. The Hall–Kier alpha value is -2.46. The van der Waals surface area contributed by atoms with Crippen molar-refractivity contribution in [2.24, 2.45) is 4.99 Å². The number of ether oxygens (including phenoxy) is 1. The van der Waals surface area contributed by atoms with Gasteiger partial charge >= 0.3 is 0 Å². The molecule has 0 atom stereocenters. The lowest BCUT2D eigenvalue weighted by Crippen LogP contribution is -2.48. The highest BCUT2D eigenvalue weighted by Crippen LogP contribution is 2.34. The van der Waals surface area contributed by atoms with E-state index in [0.717, 1.165) is 30.9 Å². The maximum atomic E-state index is 13.5. The van der Waals surface area contributed by atoms with Crippen molar-refractivity contribution >= 4 is 29.9 Å². The number of halogens is 2. The van der Waals surface area contributed by atoms with Gasteiger partial charge < -0.3 is 15.4 Å². The van der Waals surface area contributed by atoms with Gasteiger partial charge in [-0.2, -0.15) is 5.10 Å². The van der Waals surface area contributed by atoms with E-state index in [2.05, 4.69) is 32.9 Å². The van der Waals surface area contributed by atoms with Gasteiger partial charge in [-0.3, -0.25) is 9.67 Å². The zero-order chi connectivity index (χ0) is 22.2. The second kappa shape index (κ2) is 12.1. The first-order valence-electron chi connectivity index (χ1n) is 11.0. The topological polar surface area (TPSA) is 63.5 Å². The van der Waals surface area contributed by atoms with Gasteiger partial charge in [-0.05, 0) is 47.7 Å². The van der Waals surface area contributed by atoms with Crippen molar-refractivity contribution in [2.45, 2.75) is 31.3 Å². The first-order valence-corrected chi connectivity index (χ1v) is 11.0. The number of rotatable bonds is 7. The minimum atomic E-state index is -0.213. The minimum absolute atomic E-state index is 0. The second-order valence-corrected chi connectivity index (χ2v) is 8.15. The van der Waals surface area contributed by atoms with Crippen LogP contribution in [0.5, 0.6) is 0 Å². The number of aromatic nitrogens is 2. The van der Waals surface area contributed by atoms with E-state index in [9.17, 15) is 4.39 Å². The van der Waals surface area contributed by atoms with Crippen LogP contribution >= 0.6 is 24.0 Å². The smallest absolute Gasteiger partial charge is 0.191 e. The molecule has 0 saturated carbocycles. The summed E-state index contributed by atoms with van der Waals surface area (Å²) in [6.07, 6.45) is 5.53. The third-order valence-corrected chi connectivity index (χ3v) is 6.18. The van der Waals surface area contributed by atoms with E-state index in [1.54, 1.807) is 13.2 Å². The standard InChI is InChI=1S/C25H30FN5O.HI/c1-27-24(28-17-20-5-2-3-6-21(20)18-31-14-4-13-30-31)29-19-25(11-15-32-16-12-25)22-7-9-23(26)10-8-22;/h2-10,13-14H,11-12,15-19H2,1H3,(H2,27,28,29);1H. The van der Waals surface area contributed by atoms with E-state index in [1.807, 2.05) is 41.2 Å². The SMILES string of the molecule is CN=C(NCc1ccccc1Cn1cccn1)NCC1(c2ccc(F)cc2)CCOCC1.I. The van der Waals surface area contributed by atoms with Crippen LogP contribution in [0, 0.1) is 5.82 Å². The first-order chi connectivity index (χ1) is 15.7. The number of hydrogen-bond donors (Lipinski definition) is 2. The van der Waals surface area contributed by atoms with Gasteiger partial charge in [-0.25, -0.2) is 4.39 Å². The largest absolute Gasteiger partial charge is 0.381 e. The Morgan fingerprint density at radius 2 is 1.79 bits per heavy atom. The molecule has 0 radical (unpaired) electrons. The van der Waals surface area contributed by atoms with Gasteiger partial charge in [0.15, 0.2) is 5.96 Å². The summed E-state index contributed by atoms with van der Waals surface area (Å²) in [6, 6.07) is 17.1. The zero-order valence-corrected chi connectivity index (χ0v) is 21.2. The molecular weight excluding hydrogens is 532 g/mol. The van der Waals surface area contributed by atoms with Crippen molar-refractivity contribution in [3.05, 3.63) is 89.5 Å². The molecule has 8 heteroatoms. The summed E-state index contributed by atoms with van der Waals surface area (Å²) < 4.78 is 21.0. The number of hydrogen-bond acceptors (Lipinski definition) is 3. The predicted octanol–water partition coefficient (Wildman–Crippen LogP) is 4.10. The van der Waals surface area contributed by atoms with Crippen LogP contribution in [0.4, 0.5) is 4.39 Å². The van der Waals surface area contributed by atoms with Crippen molar-refractivity contribution < 1.29 is 9.13 Å². The lowest BCUT2D eigenvalue weighted by molar-refractivity contribution is 0.0513. The molecule has 1 aliphatic heterocycles. The Morgan fingerprint density at radius 3 is 2.45 bits per heavy atom. The number of aliphatic imine (C=N–C) groups is 1. The Balaban J connectivity index is 0.00000306. The minimum Gasteiger partial charge on any atom is -0.381 e. The number of guanidine groups is 1. The van der Waals surface area contributed by atoms with Gasteiger partial charge in [0, 0.05) is 51.2 Å². The Bertz CT molecular complexity index is 1020. The van der Waals surface area contributed by atoms with Gasteiger partial charge in [0.1, 0.15) is 5.82 Å². The van der Waals surface area contributed by atoms with Crippen LogP contribution in [0.3, 0.4) is 0 Å². The predicted molar refractivity (Wildman–Crippen MR) is 140 cm³/mol. The van der Waals surface area contributed by atoms with Gasteiger partial charge in [0.05, 0.1) is 6.54 Å². The molecule has 0 unspecified atom stereocenters. The molecule has 176 valence electrons. The van der Waals surface area contributed by atoms with E-state index < -0.39 is 0 Å². The lowest BCUT2D eigenvalue weighted by Gasteiger charge is -2.38. The molecule has 33 heavy (non-hydrogen) atoms. The molecule has 1 aliphatic rings. The van der Waals surface area contributed by atoms with Gasteiger partial charge in [0.25, 0.3) is 0 Å². The fourth-order valence-electron chi connectivity index (χ4n) is 4.24. The van der Waals surface area contributed by atoms with Crippen molar-refractivity contribution in [1.29, 1.82) is 0 Å². The van der Waals surface area contributed by atoms with E-state index in [4.69, 9.17) is 4.74 Å². The molecule has 2 N–H and O–H groups in total. The normalized spacial score (nSPS) is 15.5. The highest BCUT2D eigenvalue weighted by molar-refractivity contribution is 14.0. The summed E-state index contributed by atoms with van der Waals surface area (Å²) in [4.78, 5) is 4.42. The first kappa shape index (κ1) is 25.2. The molecule has 0 spiro atoms. The zero-order valence-electron chi connectivity index (χ0n) is 18.8. The summed E-state index contributed by atoms with van der Waals surface area (Å²) in [6.45, 7) is 3.49. The Morgan fingerprint density at radius 1 is 1.06 bits per heavy atom. The maximum Gasteiger partial charge on any atom is 0.191 e. The molecule has 1 saturated heterocycles. The maximum absolute atomic E-state index is 13.5. The third-order valence-electron chi connectivity index (χ3n) is 6.18. The summed E-state index contributed by atoms with van der Waals surface area (Å²) in [7, 11) is 1.78. The molecular formula is C25H31FIN5O. The number of benzene rings is 2. The molecule has 3 aromatic rings. The van der Waals surface area contributed by atoms with E-state index in [1.165, 1.54) is 23.3 Å². The summed E-state index contributed by atoms with van der Waals surface area (Å²) in [5, 5.41) is 11.3. The quantitative estimate of drug-likeness (QED) is 0.258. The summed E-state index contributed by atoms with van der Waals surface area (Å²) >= 11 is 0. The van der Waals surface area contributed by atoms with Crippen molar-refractivity contribution in [3.63, 3.8) is 0 Å². The molecule has 2 aromatic carbocycles. The van der Waals surface area contributed by atoms with Gasteiger partial charge in [-0.15, -0.1) is 24.0 Å². The van der Waals surface area contributed by atoms with Crippen molar-refractivity contribution in [3.8, 4) is 0 Å².